The zero-order valence-corrected chi connectivity index (χ0v) is 14.4. The minimum Gasteiger partial charge on any atom is -0.323 e. The molecule has 0 aliphatic heterocycles. The van der Waals surface area contributed by atoms with Gasteiger partial charge in [-0.2, -0.15) is 0 Å². The summed E-state index contributed by atoms with van der Waals surface area (Å²) in [6.07, 6.45) is 2.46. The van der Waals surface area contributed by atoms with Crippen LogP contribution in [0.5, 0.6) is 0 Å². The molecular formula is C20H22N2O2. The Morgan fingerprint density at radius 1 is 0.667 bits per heavy atom. The van der Waals surface area contributed by atoms with Crippen molar-refractivity contribution in [3.05, 3.63) is 70.8 Å². The van der Waals surface area contributed by atoms with E-state index < -0.39 is 0 Å². The third kappa shape index (κ3) is 4.81. The molecule has 0 aliphatic carbocycles. The molecule has 0 saturated heterocycles. The Morgan fingerprint density at radius 2 is 1.04 bits per heavy atom. The predicted octanol–water partition coefficient (Wildman–Crippen LogP) is 4.05. The summed E-state index contributed by atoms with van der Waals surface area (Å²) in [6.45, 7) is 7.99. The number of nitrogens with one attached hydrogen (secondary N) is 2. The first-order chi connectivity index (χ1) is 11.3. The van der Waals surface area contributed by atoms with E-state index in [4.69, 9.17) is 0 Å². The molecule has 2 aromatic rings. The zero-order chi connectivity index (χ0) is 17.7. The second-order valence-electron chi connectivity index (χ2n) is 5.91. The zero-order valence-electron chi connectivity index (χ0n) is 14.4. The summed E-state index contributed by atoms with van der Waals surface area (Å²) in [7, 11) is 0. The van der Waals surface area contributed by atoms with Crippen LogP contribution in [0, 0.1) is 27.7 Å². The van der Waals surface area contributed by atoms with E-state index in [1.165, 1.54) is 12.2 Å². The average molecular weight is 322 g/mol. The first-order valence-corrected chi connectivity index (χ1v) is 7.79. The van der Waals surface area contributed by atoms with Gasteiger partial charge in [0.1, 0.15) is 0 Å². The Bertz CT molecular complexity index is 740. The number of amides is 2. The molecule has 0 aliphatic rings. The van der Waals surface area contributed by atoms with Crippen LogP contribution in [0.25, 0.3) is 0 Å². The number of carbonyl (C=O) groups is 2. The summed E-state index contributed by atoms with van der Waals surface area (Å²) in [5.74, 6) is -0.679. The smallest absolute Gasteiger partial charge is 0.248 e. The fraction of sp³-hybridized carbons (Fsp3) is 0.200. The van der Waals surface area contributed by atoms with Gasteiger partial charge >= 0.3 is 0 Å². The Labute approximate surface area is 142 Å². The van der Waals surface area contributed by atoms with Gasteiger partial charge < -0.3 is 10.6 Å². The Kier molecular flexibility index (Phi) is 5.53. The van der Waals surface area contributed by atoms with Crippen molar-refractivity contribution in [2.75, 3.05) is 10.6 Å². The number of aryl methyl sites for hydroxylation is 4. The topological polar surface area (TPSA) is 58.2 Å². The van der Waals surface area contributed by atoms with Gasteiger partial charge in [-0.15, -0.1) is 0 Å². The highest BCUT2D eigenvalue weighted by Gasteiger charge is 2.03. The van der Waals surface area contributed by atoms with E-state index in [1.807, 2.05) is 64.1 Å². The highest BCUT2D eigenvalue weighted by atomic mass is 16.2. The van der Waals surface area contributed by atoms with Gasteiger partial charge in [-0.3, -0.25) is 9.59 Å². The highest BCUT2D eigenvalue weighted by Crippen LogP contribution is 2.15. The quantitative estimate of drug-likeness (QED) is 0.834. The largest absolute Gasteiger partial charge is 0.323 e. The second-order valence-corrected chi connectivity index (χ2v) is 5.91. The van der Waals surface area contributed by atoms with Crippen LogP contribution < -0.4 is 10.6 Å². The van der Waals surface area contributed by atoms with Crippen LogP contribution in [0.15, 0.2) is 48.6 Å². The molecule has 0 bridgehead atoms. The first kappa shape index (κ1) is 17.5. The predicted molar refractivity (Wildman–Crippen MR) is 98.2 cm³/mol. The highest BCUT2D eigenvalue weighted by molar-refractivity contribution is 6.06. The van der Waals surface area contributed by atoms with Crippen molar-refractivity contribution in [3.8, 4) is 0 Å². The molecule has 0 heterocycles. The number of hydrogen-bond donors (Lipinski definition) is 2. The fourth-order valence-corrected chi connectivity index (χ4v) is 2.16. The van der Waals surface area contributed by atoms with Crippen molar-refractivity contribution in [2.24, 2.45) is 0 Å². The minimum absolute atomic E-state index is 0.339. The van der Waals surface area contributed by atoms with E-state index in [0.717, 1.165) is 22.3 Å². The van der Waals surface area contributed by atoms with Crippen molar-refractivity contribution in [2.45, 2.75) is 27.7 Å². The van der Waals surface area contributed by atoms with Gasteiger partial charge in [0.2, 0.25) is 11.8 Å². The van der Waals surface area contributed by atoms with E-state index in [1.54, 1.807) is 0 Å². The third-order valence-corrected chi connectivity index (χ3v) is 3.93. The van der Waals surface area contributed by atoms with E-state index in [-0.39, 0.29) is 11.8 Å². The number of rotatable bonds is 4. The van der Waals surface area contributed by atoms with Gasteiger partial charge in [0.15, 0.2) is 0 Å². The maximum Gasteiger partial charge on any atom is 0.248 e. The van der Waals surface area contributed by atoms with Gasteiger partial charge in [-0.25, -0.2) is 0 Å². The monoisotopic (exact) mass is 322 g/mol. The summed E-state index contributed by atoms with van der Waals surface area (Å²) in [5, 5.41) is 5.48. The summed E-state index contributed by atoms with van der Waals surface area (Å²) in [5.41, 5.74) is 5.95. The minimum atomic E-state index is -0.339. The van der Waals surface area contributed by atoms with Gasteiger partial charge in [-0.1, -0.05) is 12.1 Å². The van der Waals surface area contributed by atoms with Crippen LogP contribution in [0.3, 0.4) is 0 Å². The standard InChI is InChI=1S/C20H22N2O2/c1-13-5-7-17(11-15(13)3)21-19(23)9-10-20(24)22-18-8-6-14(2)16(4)12-18/h5-12H,1-4H3,(H,21,23)(H,22,24)/b10-9+. The SMILES string of the molecule is Cc1ccc(NC(=O)/C=C/C(=O)Nc2ccc(C)c(C)c2)cc1C. The van der Waals surface area contributed by atoms with E-state index >= 15 is 0 Å². The molecule has 0 unspecified atom stereocenters. The Balaban J connectivity index is 1.93. The molecule has 0 atom stereocenters. The molecule has 2 N–H and O–H groups in total. The molecule has 0 aromatic heterocycles. The summed E-state index contributed by atoms with van der Waals surface area (Å²) >= 11 is 0. The molecule has 0 fully saturated rings. The van der Waals surface area contributed by atoms with Crippen LogP contribution in [-0.4, -0.2) is 11.8 Å². The van der Waals surface area contributed by atoms with Gasteiger partial charge in [-0.05, 0) is 74.2 Å². The molecule has 0 spiro atoms. The van der Waals surface area contributed by atoms with Crippen molar-refractivity contribution in [1.82, 2.24) is 0 Å². The van der Waals surface area contributed by atoms with E-state index in [9.17, 15) is 9.59 Å². The maximum absolute atomic E-state index is 11.9. The normalized spacial score (nSPS) is 10.7. The van der Waals surface area contributed by atoms with Crippen molar-refractivity contribution >= 4 is 23.2 Å². The van der Waals surface area contributed by atoms with Crippen molar-refractivity contribution < 1.29 is 9.59 Å². The number of hydrogen-bond acceptors (Lipinski definition) is 2. The Morgan fingerprint density at radius 3 is 1.38 bits per heavy atom. The van der Waals surface area contributed by atoms with Gasteiger partial charge in [0.05, 0.1) is 0 Å². The van der Waals surface area contributed by atoms with Crippen LogP contribution in [0.2, 0.25) is 0 Å². The Hall–Kier alpha value is -2.88. The maximum atomic E-state index is 11.9. The number of benzene rings is 2. The number of anilines is 2. The third-order valence-electron chi connectivity index (χ3n) is 3.93. The summed E-state index contributed by atoms with van der Waals surface area (Å²) in [6, 6.07) is 11.4. The lowest BCUT2D eigenvalue weighted by molar-refractivity contribution is -0.114. The van der Waals surface area contributed by atoms with Crippen LogP contribution in [-0.2, 0) is 9.59 Å². The molecule has 2 amide bonds. The molecule has 2 aromatic carbocycles. The summed E-state index contributed by atoms with van der Waals surface area (Å²) < 4.78 is 0. The average Bonchev–Trinajstić information content (AvgIpc) is 2.53. The molecular weight excluding hydrogens is 300 g/mol. The fourth-order valence-electron chi connectivity index (χ4n) is 2.16. The molecule has 0 saturated carbocycles. The lowest BCUT2D eigenvalue weighted by Crippen LogP contribution is -2.12. The molecule has 4 heteroatoms. The van der Waals surface area contributed by atoms with Crippen molar-refractivity contribution in [1.29, 1.82) is 0 Å². The van der Waals surface area contributed by atoms with Crippen LogP contribution >= 0.6 is 0 Å². The molecule has 0 radical (unpaired) electrons. The lowest BCUT2D eigenvalue weighted by atomic mass is 10.1. The lowest BCUT2D eigenvalue weighted by Gasteiger charge is -2.06. The van der Waals surface area contributed by atoms with Gasteiger partial charge in [0.25, 0.3) is 0 Å². The molecule has 2 rings (SSSR count). The van der Waals surface area contributed by atoms with Crippen LogP contribution in [0.1, 0.15) is 22.3 Å². The van der Waals surface area contributed by atoms with Gasteiger partial charge in [0, 0.05) is 23.5 Å². The molecule has 4 nitrogen and oxygen atoms in total. The second kappa shape index (κ2) is 7.59. The molecule has 124 valence electrons. The first-order valence-electron chi connectivity index (χ1n) is 7.79. The number of carbonyl (C=O) groups excluding carboxylic acids is 2. The van der Waals surface area contributed by atoms with E-state index in [2.05, 4.69) is 10.6 Å². The van der Waals surface area contributed by atoms with E-state index in [0.29, 0.717) is 11.4 Å². The van der Waals surface area contributed by atoms with Crippen LogP contribution in [0.4, 0.5) is 11.4 Å². The summed E-state index contributed by atoms with van der Waals surface area (Å²) in [4.78, 5) is 23.8. The molecule has 24 heavy (non-hydrogen) atoms. The van der Waals surface area contributed by atoms with Crippen molar-refractivity contribution in [3.63, 3.8) is 0 Å².